The van der Waals surface area contributed by atoms with Crippen LogP contribution in [0.15, 0.2) is 52.7 Å². The fraction of sp³-hybridized carbons (Fsp3) is 0.176. The molecule has 3 heterocycles. The van der Waals surface area contributed by atoms with Crippen molar-refractivity contribution in [2.45, 2.75) is 17.8 Å². The van der Waals surface area contributed by atoms with Gasteiger partial charge in [-0.15, -0.1) is 0 Å². The van der Waals surface area contributed by atoms with E-state index in [1.165, 1.54) is 33.7 Å². The summed E-state index contributed by atoms with van der Waals surface area (Å²) >= 11 is 2.93. The fourth-order valence-electron chi connectivity index (χ4n) is 2.52. The molecule has 0 fully saturated rings. The van der Waals surface area contributed by atoms with Gasteiger partial charge in [-0.2, -0.15) is 9.61 Å². The monoisotopic (exact) mass is 385 g/mol. The van der Waals surface area contributed by atoms with E-state index in [0.29, 0.717) is 16.4 Å². The molecule has 0 radical (unpaired) electrons. The number of fused-ring (bicyclic) bond motifs is 1. The van der Waals surface area contributed by atoms with E-state index in [-0.39, 0.29) is 5.56 Å². The minimum absolute atomic E-state index is 0.161. The Labute approximate surface area is 157 Å². The van der Waals surface area contributed by atoms with Crippen LogP contribution in [0, 0.1) is 6.92 Å². The van der Waals surface area contributed by atoms with Crippen LogP contribution < -0.4 is 10.3 Å². The van der Waals surface area contributed by atoms with Crippen LogP contribution in [0.1, 0.15) is 10.7 Å². The lowest BCUT2D eigenvalue weighted by molar-refractivity contribution is 0.414. The summed E-state index contributed by atoms with van der Waals surface area (Å²) in [5.74, 6) is 1.33. The molecule has 0 atom stereocenters. The molecule has 0 spiro atoms. The number of aryl methyl sites for hydroxylation is 1. The number of benzene rings is 1. The van der Waals surface area contributed by atoms with E-state index in [1.807, 2.05) is 42.0 Å². The van der Waals surface area contributed by atoms with Gasteiger partial charge >= 0.3 is 0 Å². The average molecular weight is 385 g/mol. The molecule has 1 aromatic carbocycles. The van der Waals surface area contributed by atoms with Crippen molar-refractivity contribution in [2.75, 3.05) is 7.11 Å². The van der Waals surface area contributed by atoms with E-state index >= 15 is 0 Å². The van der Waals surface area contributed by atoms with Crippen LogP contribution in [0.4, 0.5) is 0 Å². The van der Waals surface area contributed by atoms with Gasteiger partial charge in [0.2, 0.25) is 4.96 Å². The number of aromatic nitrogens is 5. The molecule has 0 saturated carbocycles. The Kier molecular flexibility index (Phi) is 4.48. The van der Waals surface area contributed by atoms with Gasteiger partial charge in [-0.25, -0.2) is 9.97 Å². The van der Waals surface area contributed by atoms with Gasteiger partial charge in [-0.3, -0.25) is 9.36 Å². The number of imidazole rings is 1. The molecule has 0 saturated heterocycles. The lowest BCUT2D eigenvalue weighted by atomic mass is 10.3. The molecule has 7 nitrogen and oxygen atoms in total. The summed E-state index contributed by atoms with van der Waals surface area (Å²) in [7, 11) is 1.64. The standard InChI is InChI=1S/C17H15N5O2S2/c1-11-20-22-15(23)8-12(19-17(22)26-11)10-25-16-18-6-7-21(16)13-4-3-5-14(9-13)24-2/h3-9H,10H2,1-2H3. The molecule has 4 rings (SSSR count). The molecule has 26 heavy (non-hydrogen) atoms. The number of nitrogens with zero attached hydrogens (tertiary/aromatic N) is 5. The first kappa shape index (κ1) is 16.8. The summed E-state index contributed by atoms with van der Waals surface area (Å²) in [6, 6.07) is 9.30. The maximum Gasteiger partial charge on any atom is 0.275 e. The third-order valence-corrected chi connectivity index (χ3v) is 5.51. The van der Waals surface area contributed by atoms with Gasteiger partial charge in [0.15, 0.2) is 5.16 Å². The van der Waals surface area contributed by atoms with Gasteiger partial charge in [0.1, 0.15) is 10.8 Å². The van der Waals surface area contributed by atoms with Crippen molar-refractivity contribution in [3.8, 4) is 11.4 Å². The highest BCUT2D eigenvalue weighted by Crippen LogP contribution is 2.25. The van der Waals surface area contributed by atoms with Crippen molar-refractivity contribution in [1.82, 2.24) is 24.1 Å². The zero-order chi connectivity index (χ0) is 18.1. The third-order valence-electron chi connectivity index (χ3n) is 3.69. The van der Waals surface area contributed by atoms with Crippen molar-refractivity contribution in [3.63, 3.8) is 0 Å². The Morgan fingerprint density at radius 1 is 1.31 bits per heavy atom. The molecular weight excluding hydrogens is 370 g/mol. The predicted octanol–water partition coefficient (Wildman–Crippen LogP) is 2.95. The highest BCUT2D eigenvalue weighted by Gasteiger charge is 2.10. The molecular formula is C17H15N5O2S2. The highest BCUT2D eigenvalue weighted by atomic mass is 32.2. The van der Waals surface area contributed by atoms with Gasteiger partial charge in [-0.05, 0) is 19.1 Å². The average Bonchev–Trinajstić information content (AvgIpc) is 3.26. The van der Waals surface area contributed by atoms with Crippen molar-refractivity contribution < 1.29 is 4.74 Å². The molecule has 3 aromatic heterocycles. The second kappa shape index (κ2) is 6.93. The summed E-state index contributed by atoms with van der Waals surface area (Å²) in [6.07, 6.45) is 3.65. The second-order valence-electron chi connectivity index (χ2n) is 5.47. The fourth-order valence-corrected chi connectivity index (χ4v) is 4.15. The van der Waals surface area contributed by atoms with Gasteiger partial charge in [0.25, 0.3) is 5.56 Å². The van der Waals surface area contributed by atoms with E-state index in [4.69, 9.17) is 4.74 Å². The Hall–Kier alpha value is -2.65. The van der Waals surface area contributed by atoms with E-state index in [0.717, 1.165) is 21.6 Å². The summed E-state index contributed by atoms with van der Waals surface area (Å²) in [5, 5.41) is 5.79. The van der Waals surface area contributed by atoms with Gasteiger partial charge in [0, 0.05) is 30.3 Å². The lowest BCUT2D eigenvalue weighted by Crippen LogP contribution is -2.15. The van der Waals surface area contributed by atoms with Crippen molar-refractivity contribution in [3.05, 3.63) is 63.8 Å². The topological polar surface area (TPSA) is 74.3 Å². The first-order valence-corrected chi connectivity index (χ1v) is 9.61. The number of hydrogen-bond acceptors (Lipinski definition) is 7. The molecule has 9 heteroatoms. The lowest BCUT2D eigenvalue weighted by Gasteiger charge is -2.09. The minimum Gasteiger partial charge on any atom is -0.497 e. The molecule has 0 N–H and O–H groups in total. The Morgan fingerprint density at radius 3 is 3.04 bits per heavy atom. The zero-order valence-electron chi connectivity index (χ0n) is 14.1. The van der Waals surface area contributed by atoms with E-state index in [1.54, 1.807) is 13.3 Å². The van der Waals surface area contributed by atoms with Gasteiger partial charge < -0.3 is 4.74 Å². The van der Waals surface area contributed by atoms with E-state index in [9.17, 15) is 4.79 Å². The van der Waals surface area contributed by atoms with Crippen molar-refractivity contribution >= 4 is 28.1 Å². The van der Waals surface area contributed by atoms with Crippen LogP contribution in [0.2, 0.25) is 0 Å². The summed E-state index contributed by atoms with van der Waals surface area (Å²) in [6.45, 7) is 1.86. The van der Waals surface area contributed by atoms with Crippen LogP contribution in [0.3, 0.4) is 0 Å². The Balaban J connectivity index is 1.59. The van der Waals surface area contributed by atoms with Crippen molar-refractivity contribution in [1.29, 1.82) is 0 Å². The molecule has 0 amide bonds. The highest BCUT2D eigenvalue weighted by molar-refractivity contribution is 7.98. The Bertz CT molecular complexity index is 1130. The maximum absolute atomic E-state index is 12.2. The van der Waals surface area contributed by atoms with Crippen molar-refractivity contribution in [2.24, 2.45) is 0 Å². The second-order valence-corrected chi connectivity index (χ2v) is 7.57. The largest absolute Gasteiger partial charge is 0.497 e. The summed E-state index contributed by atoms with van der Waals surface area (Å²) in [4.78, 5) is 21.7. The number of methoxy groups -OCH3 is 1. The van der Waals surface area contributed by atoms with Gasteiger partial charge in [-0.1, -0.05) is 29.2 Å². The Morgan fingerprint density at radius 2 is 2.19 bits per heavy atom. The molecule has 0 aliphatic heterocycles. The number of hydrogen-bond donors (Lipinski definition) is 0. The first-order chi connectivity index (χ1) is 12.6. The molecule has 0 aliphatic carbocycles. The van der Waals surface area contributed by atoms with Gasteiger partial charge in [0.05, 0.1) is 18.5 Å². The molecule has 0 aliphatic rings. The van der Waals surface area contributed by atoms with Crippen LogP contribution in [0.5, 0.6) is 5.75 Å². The van der Waals surface area contributed by atoms with E-state index < -0.39 is 0 Å². The number of ether oxygens (including phenoxy) is 1. The predicted molar refractivity (Wildman–Crippen MR) is 102 cm³/mol. The SMILES string of the molecule is COc1cccc(-n2ccnc2SCc2cc(=O)n3nc(C)sc3n2)c1. The molecule has 0 unspecified atom stereocenters. The minimum atomic E-state index is -0.161. The van der Waals surface area contributed by atoms with Crippen LogP contribution in [-0.4, -0.2) is 31.3 Å². The smallest absolute Gasteiger partial charge is 0.275 e. The quantitative estimate of drug-likeness (QED) is 0.492. The normalized spacial score (nSPS) is 11.2. The zero-order valence-corrected chi connectivity index (χ0v) is 15.8. The summed E-state index contributed by atoms with van der Waals surface area (Å²) < 4.78 is 8.61. The molecule has 4 aromatic rings. The molecule has 0 bridgehead atoms. The van der Waals surface area contributed by atoms with Crippen LogP contribution in [-0.2, 0) is 5.75 Å². The third kappa shape index (κ3) is 3.23. The first-order valence-electron chi connectivity index (χ1n) is 7.81. The molecule has 132 valence electrons. The maximum atomic E-state index is 12.2. The van der Waals surface area contributed by atoms with Crippen LogP contribution >= 0.6 is 23.1 Å². The number of rotatable bonds is 5. The van der Waals surface area contributed by atoms with Crippen LogP contribution in [0.25, 0.3) is 10.6 Å². The van der Waals surface area contributed by atoms with E-state index in [2.05, 4.69) is 15.1 Å². The summed E-state index contributed by atoms with van der Waals surface area (Å²) in [5.41, 5.74) is 1.51. The number of thioether (sulfide) groups is 1.